The smallest absolute Gasteiger partial charge is 0.423 e. The number of aldehydes is 1. The van der Waals surface area contributed by atoms with Gasteiger partial charge in [-0.3, -0.25) is 4.79 Å². The zero-order valence-corrected chi connectivity index (χ0v) is 12.1. The number of carbonyl (C=O) groups is 1. The van der Waals surface area contributed by atoms with Crippen LogP contribution in [0.4, 0.5) is 0 Å². The Morgan fingerprint density at radius 2 is 1.84 bits per heavy atom. The van der Waals surface area contributed by atoms with Gasteiger partial charge in [0.25, 0.3) is 0 Å². The molecule has 0 bridgehead atoms. The molecule has 4 nitrogen and oxygen atoms in total. The van der Waals surface area contributed by atoms with Crippen LogP contribution < -0.4 is 5.46 Å². The molecule has 0 radical (unpaired) electrons. The first kappa shape index (κ1) is 15.9. The van der Waals surface area contributed by atoms with Gasteiger partial charge in [-0.1, -0.05) is 18.2 Å². The van der Waals surface area contributed by atoms with E-state index < -0.39 is 18.3 Å². The zero-order valence-electron chi connectivity index (χ0n) is 12.1. The van der Waals surface area contributed by atoms with E-state index in [1.54, 1.807) is 52.8 Å². The van der Waals surface area contributed by atoms with Crippen LogP contribution in [0.25, 0.3) is 0 Å². The van der Waals surface area contributed by atoms with Crippen LogP contribution in [0.2, 0.25) is 0 Å². The molecule has 19 heavy (non-hydrogen) atoms. The van der Waals surface area contributed by atoms with Crippen molar-refractivity contribution in [3.63, 3.8) is 0 Å². The molecule has 0 aromatic heterocycles. The highest BCUT2D eigenvalue weighted by atomic mass is 16.5. The largest absolute Gasteiger partial charge is 0.491 e. The summed E-state index contributed by atoms with van der Waals surface area (Å²) in [7, 11) is -1.15. The van der Waals surface area contributed by atoms with Crippen molar-refractivity contribution in [3.8, 4) is 0 Å². The first-order valence-electron chi connectivity index (χ1n) is 6.22. The van der Waals surface area contributed by atoms with E-state index in [1.165, 1.54) is 0 Å². The second kappa shape index (κ2) is 5.45. The topological polar surface area (TPSA) is 66.8 Å². The van der Waals surface area contributed by atoms with Crippen LogP contribution >= 0.6 is 0 Å². The van der Waals surface area contributed by atoms with Crippen molar-refractivity contribution in [1.29, 1.82) is 0 Å². The summed E-state index contributed by atoms with van der Waals surface area (Å²) in [6.45, 7) is 8.47. The molecule has 0 unspecified atom stereocenters. The van der Waals surface area contributed by atoms with Gasteiger partial charge in [0.2, 0.25) is 0 Å². The van der Waals surface area contributed by atoms with Gasteiger partial charge >= 0.3 is 7.12 Å². The molecule has 0 spiro atoms. The molecular formula is C14H21BO4. The van der Waals surface area contributed by atoms with Gasteiger partial charge in [-0.05, 0) is 45.6 Å². The van der Waals surface area contributed by atoms with Gasteiger partial charge in [-0.2, -0.15) is 0 Å². The normalized spacial score (nSPS) is 12.4. The average molecular weight is 264 g/mol. The standard InChI is InChI=1S/C14H21BO4/c1-10-8-12(7-6-11(10)9-16)15(18)19-14(4,5)13(2,3)17/h6-9,17-18H,1-5H3. The summed E-state index contributed by atoms with van der Waals surface area (Å²) in [6.07, 6.45) is 0.771. The quantitative estimate of drug-likeness (QED) is 0.616. The highest BCUT2D eigenvalue weighted by Crippen LogP contribution is 2.25. The lowest BCUT2D eigenvalue weighted by molar-refractivity contribution is -0.0982. The minimum atomic E-state index is -1.15. The number of benzene rings is 1. The second-order valence-electron chi connectivity index (χ2n) is 5.77. The second-order valence-corrected chi connectivity index (χ2v) is 5.77. The fourth-order valence-corrected chi connectivity index (χ4v) is 1.48. The summed E-state index contributed by atoms with van der Waals surface area (Å²) >= 11 is 0. The zero-order chi connectivity index (χ0) is 14.8. The number of hydrogen-bond acceptors (Lipinski definition) is 4. The SMILES string of the molecule is Cc1cc(B(O)OC(C)(C)C(C)(C)O)ccc1C=O. The van der Waals surface area contributed by atoms with Gasteiger partial charge in [0.1, 0.15) is 6.29 Å². The summed E-state index contributed by atoms with van der Waals surface area (Å²) in [6, 6.07) is 4.98. The Morgan fingerprint density at radius 3 is 2.26 bits per heavy atom. The van der Waals surface area contributed by atoms with E-state index in [0.717, 1.165) is 11.8 Å². The third-order valence-corrected chi connectivity index (χ3v) is 3.59. The molecule has 1 aromatic rings. The van der Waals surface area contributed by atoms with Crippen LogP contribution in [0.15, 0.2) is 18.2 Å². The predicted molar refractivity (Wildman–Crippen MR) is 75.6 cm³/mol. The first-order valence-corrected chi connectivity index (χ1v) is 6.22. The molecule has 104 valence electrons. The molecule has 0 fully saturated rings. The van der Waals surface area contributed by atoms with Crippen LogP contribution in [-0.2, 0) is 4.65 Å². The van der Waals surface area contributed by atoms with Gasteiger partial charge in [0, 0.05) is 5.56 Å². The third-order valence-electron chi connectivity index (χ3n) is 3.59. The molecule has 5 heteroatoms. The molecule has 0 atom stereocenters. The molecule has 0 aliphatic carbocycles. The minimum Gasteiger partial charge on any atom is -0.423 e. The van der Waals surface area contributed by atoms with Gasteiger partial charge in [0.15, 0.2) is 0 Å². The van der Waals surface area contributed by atoms with Crippen LogP contribution in [0.5, 0.6) is 0 Å². The van der Waals surface area contributed by atoms with Crippen molar-refractivity contribution in [2.75, 3.05) is 0 Å². The van der Waals surface area contributed by atoms with Crippen molar-refractivity contribution >= 4 is 18.9 Å². The Kier molecular flexibility index (Phi) is 4.56. The van der Waals surface area contributed by atoms with Gasteiger partial charge in [-0.15, -0.1) is 0 Å². The Bertz CT molecular complexity index is 463. The molecular weight excluding hydrogens is 243 g/mol. The predicted octanol–water partition coefficient (Wildman–Crippen LogP) is 1.06. The fourth-order valence-electron chi connectivity index (χ4n) is 1.48. The maximum absolute atomic E-state index is 10.7. The molecule has 0 saturated carbocycles. The van der Waals surface area contributed by atoms with Gasteiger partial charge in [0.05, 0.1) is 11.2 Å². The number of hydrogen-bond donors (Lipinski definition) is 2. The number of rotatable bonds is 5. The van der Waals surface area contributed by atoms with Crippen molar-refractivity contribution < 1.29 is 19.6 Å². The third kappa shape index (κ3) is 3.66. The Balaban J connectivity index is 2.93. The summed E-state index contributed by atoms with van der Waals surface area (Å²) < 4.78 is 5.53. The molecule has 0 saturated heterocycles. The maximum Gasteiger partial charge on any atom is 0.491 e. The highest BCUT2D eigenvalue weighted by Gasteiger charge is 2.39. The lowest BCUT2D eigenvalue weighted by atomic mass is 9.75. The molecule has 0 heterocycles. The van der Waals surface area contributed by atoms with E-state index in [9.17, 15) is 14.9 Å². The molecule has 0 aliphatic heterocycles. The molecule has 2 N–H and O–H groups in total. The average Bonchev–Trinajstić information content (AvgIpc) is 2.26. The van der Waals surface area contributed by atoms with Crippen molar-refractivity contribution in [3.05, 3.63) is 29.3 Å². The monoisotopic (exact) mass is 264 g/mol. The summed E-state index contributed by atoms with van der Waals surface area (Å²) in [5.41, 5.74) is -0.0931. The van der Waals surface area contributed by atoms with Crippen LogP contribution in [0, 0.1) is 6.92 Å². The van der Waals surface area contributed by atoms with E-state index in [-0.39, 0.29) is 0 Å². The minimum absolute atomic E-state index is 0.556. The molecule has 1 rings (SSSR count). The molecule has 0 aliphatic rings. The van der Waals surface area contributed by atoms with Crippen LogP contribution in [-0.4, -0.2) is 34.7 Å². The first-order chi connectivity index (χ1) is 8.58. The van der Waals surface area contributed by atoms with Crippen LogP contribution in [0.3, 0.4) is 0 Å². The maximum atomic E-state index is 10.7. The van der Waals surface area contributed by atoms with E-state index in [2.05, 4.69) is 0 Å². The van der Waals surface area contributed by atoms with E-state index >= 15 is 0 Å². The summed E-state index contributed by atoms with van der Waals surface area (Å²) in [5.74, 6) is 0. The van der Waals surface area contributed by atoms with E-state index in [1.807, 2.05) is 0 Å². The summed E-state index contributed by atoms with van der Waals surface area (Å²) in [4.78, 5) is 10.7. The van der Waals surface area contributed by atoms with Crippen molar-refractivity contribution in [2.24, 2.45) is 0 Å². The van der Waals surface area contributed by atoms with Gasteiger partial charge < -0.3 is 14.8 Å². The van der Waals surface area contributed by atoms with Crippen LogP contribution in [0.1, 0.15) is 43.6 Å². The molecule has 0 amide bonds. The summed E-state index contributed by atoms with van der Waals surface area (Å²) in [5, 5.41) is 20.1. The fraction of sp³-hybridized carbons (Fsp3) is 0.500. The molecule has 1 aromatic carbocycles. The van der Waals surface area contributed by atoms with Crippen molar-refractivity contribution in [1.82, 2.24) is 0 Å². The number of aliphatic hydroxyl groups is 1. The number of aryl methyl sites for hydroxylation is 1. The Hall–Kier alpha value is -1.17. The van der Waals surface area contributed by atoms with Crippen molar-refractivity contribution in [2.45, 2.75) is 45.8 Å². The lowest BCUT2D eigenvalue weighted by Crippen LogP contribution is -2.53. The Morgan fingerprint density at radius 1 is 1.26 bits per heavy atom. The lowest BCUT2D eigenvalue weighted by Gasteiger charge is -2.38. The Labute approximate surface area is 114 Å². The van der Waals surface area contributed by atoms with E-state index in [0.29, 0.717) is 11.0 Å². The highest BCUT2D eigenvalue weighted by molar-refractivity contribution is 6.60. The number of carbonyl (C=O) groups excluding carboxylic acids is 1. The van der Waals surface area contributed by atoms with Gasteiger partial charge in [-0.25, -0.2) is 0 Å². The van der Waals surface area contributed by atoms with E-state index in [4.69, 9.17) is 4.65 Å².